The summed E-state index contributed by atoms with van der Waals surface area (Å²) in [7, 11) is 0. The molecule has 1 amide bonds. The maximum absolute atomic E-state index is 13.3. The van der Waals surface area contributed by atoms with E-state index in [9.17, 15) is 23.7 Å². The molecule has 0 bridgehead atoms. The van der Waals surface area contributed by atoms with Gasteiger partial charge in [0.15, 0.2) is 0 Å². The van der Waals surface area contributed by atoms with E-state index < -0.39 is 28.2 Å². The van der Waals surface area contributed by atoms with Gasteiger partial charge in [0, 0.05) is 11.8 Å². The summed E-state index contributed by atoms with van der Waals surface area (Å²) < 4.78 is 27.7. The van der Waals surface area contributed by atoms with E-state index in [1.54, 1.807) is 6.92 Å². The normalized spacial score (nSPS) is 10.6. The third-order valence-electron chi connectivity index (χ3n) is 3.44. The summed E-state index contributed by atoms with van der Waals surface area (Å²) >= 11 is 0. The minimum Gasteiger partial charge on any atom is -0.319 e. The first-order valence-electron chi connectivity index (χ1n) is 7.30. The fourth-order valence-electron chi connectivity index (χ4n) is 2.23. The number of halogens is 2. The molecular formula is C16H11F2N5O3. The van der Waals surface area contributed by atoms with Gasteiger partial charge in [-0.2, -0.15) is 4.39 Å². The second-order valence-electron chi connectivity index (χ2n) is 5.25. The summed E-state index contributed by atoms with van der Waals surface area (Å²) in [6, 6.07) is 8.40. The first-order chi connectivity index (χ1) is 12.3. The number of benzene rings is 2. The lowest BCUT2D eigenvalue weighted by molar-refractivity contribution is -0.387. The molecule has 3 aromatic rings. The van der Waals surface area contributed by atoms with E-state index in [1.165, 1.54) is 35.0 Å². The molecule has 1 heterocycles. The molecule has 0 aliphatic heterocycles. The van der Waals surface area contributed by atoms with Gasteiger partial charge >= 0.3 is 5.69 Å². The summed E-state index contributed by atoms with van der Waals surface area (Å²) in [5.41, 5.74) is -0.226. The predicted octanol–water partition coefficient (Wildman–Crippen LogP) is 3.01. The minimum atomic E-state index is -1.01. The number of nitrogens with one attached hydrogen (secondary N) is 1. The van der Waals surface area contributed by atoms with E-state index in [0.29, 0.717) is 11.5 Å². The van der Waals surface area contributed by atoms with Crippen LogP contribution in [0.1, 0.15) is 16.4 Å². The van der Waals surface area contributed by atoms with Gasteiger partial charge in [0.05, 0.1) is 10.6 Å². The van der Waals surface area contributed by atoms with Gasteiger partial charge in [0.2, 0.25) is 11.6 Å². The van der Waals surface area contributed by atoms with Crippen LogP contribution in [0.3, 0.4) is 0 Å². The summed E-state index contributed by atoms with van der Waals surface area (Å²) in [6.07, 6.45) is 0. The molecule has 0 unspecified atom stereocenters. The number of carbonyl (C=O) groups excluding carboxylic acids is 1. The Bertz CT molecular complexity index is 1000. The van der Waals surface area contributed by atoms with E-state index in [-0.39, 0.29) is 11.5 Å². The van der Waals surface area contributed by atoms with Crippen molar-refractivity contribution in [3.05, 3.63) is 75.9 Å². The highest BCUT2D eigenvalue weighted by Gasteiger charge is 2.19. The first kappa shape index (κ1) is 17.1. The minimum absolute atomic E-state index is 0.0267. The maximum atomic E-state index is 13.3. The lowest BCUT2D eigenvalue weighted by Gasteiger charge is -2.03. The van der Waals surface area contributed by atoms with Crippen molar-refractivity contribution in [1.82, 2.24) is 14.8 Å². The van der Waals surface area contributed by atoms with Crippen molar-refractivity contribution in [1.29, 1.82) is 0 Å². The smallest absolute Gasteiger partial charge is 0.306 e. The molecule has 0 saturated heterocycles. The third-order valence-corrected chi connectivity index (χ3v) is 3.44. The van der Waals surface area contributed by atoms with E-state index in [0.717, 1.165) is 12.1 Å². The number of anilines is 1. The van der Waals surface area contributed by atoms with Crippen LogP contribution in [-0.2, 0) is 0 Å². The molecule has 0 saturated carbocycles. The van der Waals surface area contributed by atoms with Gasteiger partial charge in [0.25, 0.3) is 5.91 Å². The van der Waals surface area contributed by atoms with Crippen molar-refractivity contribution in [2.75, 3.05) is 5.32 Å². The van der Waals surface area contributed by atoms with E-state index in [2.05, 4.69) is 15.4 Å². The Kier molecular flexibility index (Phi) is 4.40. The summed E-state index contributed by atoms with van der Waals surface area (Å²) in [6.45, 7) is 1.61. The van der Waals surface area contributed by atoms with Gasteiger partial charge in [-0.1, -0.05) is 0 Å². The zero-order chi connectivity index (χ0) is 18.8. The van der Waals surface area contributed by atoms with Crippen LogP contribution in [0.2, 0.25) is 0 Å². The Morgan fingerprint density at radius 2 is 1.88 bits per heavy atom. The monoisotopic (exact) mass is 359 g/mol. The fourth-order valence-corrected chi connectivity index (χ4v) is 2.23. The van der Waals surface area contributed by atoms with Crippen LogP contribution in [-0.4, -0.2) is 25.6 Å². The van der Waals surface area contributed by atoms with Crippen LogP contribution < -0.4 is 5.32 Å². The highest BCUT2D eigenvalue weighted by molar-refractivity contribution is 6.01. The second kappa shape index (κ2) is 6.67. The predicted molar refractivity (Wildman–Crippen MR) is 87.1 cm³/mol. The van der Waals surface area contributed by atoms with Gasteiger partial charge in [-0.25, -0.2) is 14.1 Å². The zero-order valence-corrected chi connectivity index (χ0v) is 13.3. The highest BCUT2D eigenvalue weighted by atomic mass is 19.1. The number of hydrogen-bond donors (Lipinski definition) is 1. The Hall–Kier alpha value is -3.69. The van der Waals surface area contributed by atoms with E-state index in [4.69, 9.17) is 0 Å². The van der Waals surface area contributed by atoms with Crippen molar-refractivity contribution < 1.29 is 18.5 Å². The zero-order valence-electron chi connectivity index (χ0n) is 13.3. The molecular weight excluding hydrogens is 348 g/mol. The van der Waals surface area contributed by atoms with Crippen molar-refractivity contribution in [2.24, 2.45) is 0 Å². The lowest BCUT2D eigenvalue weighted by atomic mass is 10.2. The Balaban J connectivity index is 1.85. The van der Waals surface area contributed by atoms with Crippen LogP contribution in [0.15, 0.2) is 42.5 Å². The molecule has 8 nitrogen and oxygen atoms in total. The van der Waals surface area contributed by atoms with Crippen molar-refractivity contribution in [3.8, 4) is 5.69 Å². The lowest BCUT2D eigenvalue weighted by Crippen LogP contribution is -2.14. The molecule has 0 radical (unpaired) electrons. The molecule has 2 aromatic carbocycles. The number of aryl methyl sites for hydroxylation is 1. The number of aromatic nitrogens is 3. The molecule has 132 valence electrons. The van der Waals surface area contributed by atoms with Crippen molar-refractivity contribution in [2.45, 2.75) is 6.92 Å². The van der Waals surface area contributed by atoms with Gasteiger partial charge in [-0.3, -0.25) is 14.9 Å². The summed E-state index contributed by atoms with van der Waals surface area (Å²) in [5.74, 6) is -1.97. The number of hydrogen-bond acceptors (Lipinski definition) is 5. The summed E-state index contributed by atoms with van der Waals surface area (Å²) in [4.78, 5) is 26.1. The molecule has 3 rings (SSSR count). The Morgan fingerprint density at radius 3 is 2.54 bits per heavy atom. The Morgan fingerprint density at radius 1 is 1.19 bits per heavy atom. The summed E-state index contributed by atoms with van der Waals surface area (Å²) in [5, 5.41) is 17.2. The van der Waals surface area contributed by atoms with Gasteiger partial charge in [-0.05, 0) is 43.3 Å². The molecule has 0 aliphatic rings. The van der Waals surface area contributed by atoms with E-state index in [1.807, 2.05) is 0 Å². The fraction of sp³-hybridized carbons (Fsp3) is 0.0625. The quantitative estimate of drug-likeness (QED) is 0.570. The average molecular weight is 359 g/mol. The van der Waals surface area contributed by atoms with Gasteiger partial charge < -0.3 is 5.32 Å². The van der Waals surface area contributed by atoms with Crippen LogP contribution >= 0.6 is 0 Å². The van der Waals surface area contributed by atoms with Crippen LogP contribution in [0.5, 0.6) is 0 Å². The number of carbonyl (C=O) groups is 1. The van der Waals surface area contributed by atoms with Crippen LogP contribution in [0.25, 0.3) is 5.69 Å². The van der Waals surface area contributed by atoms with Crippen molar-refractivity contribution >= 4 is 17.3 Å². The topological polar surface area (TPSA) is 103 Å². The van der Waals surface area contributed by atoms with Crippen LogP contribution in [0.4, 0.5) is 20.2 Å². The van der Waals surface area contributed by atoms with Crippen LogP contribution in [0, 0.1) is 28.7 Å². The first-order valence-corrected chi connectivity index (χ1v) is 7.30. The van der Waals surface area contributed by atoms with Gasteiger partial charge in [0.1, 0.15) is 11.6 Å². The SMILES string of the molecule is Cc1nc(C(=O)Nc2ccc(F)c([N+](=O)[O-])c2)nn1-c1ccc(F)cc1. The molecule has 0 aliphatic carbocycles. The van der Waals surface area contributed by atoms with Crippen molar-refractivity contribution in [3.63, 3.8) is 0 Å². The van der Waals surface area contributed by atoms with Gasteiger partial charge in [-0.15, -0.1) is 5.10 Å². The molecule has 1 N–H and O–H groups in total. The standard InChI is InChI=1S/C16H11F2N5O3/c1-9-19-15(21-22(9)12-5-2-10(17)3-6-12)16(24)20-11-4-7-13(18)14(8-11)23(25)26/h2-8H,1H3,(H,20,24). The van der Waals surface area contributed by atoms with E-state index >= 15 is 0 Å². The molecule has 1 aromatic heterocycles. The molecule has 10 heteroatoms. The molecule has 26 heavy (non-hydrogen) atoms. The Labute approximate surface area is 145 Å². The number of nitro groups is 1. The number of nitrogens with zero attached hydrogens (tertiary/aromatic N) is 4. The third kappa shape index (κ3) is 3.38. The second-order valence-corrected chi connectivity index (χ2v) is 5.25. The highest BCUT2D eigenvalue weighted by Crippen LogP contribution is 2.22. The molecule has 0 atom stereocenters. The number of nitro benzene ring substituents is 1. The molecule has 0 spiro atoms. The molecule has 0 fully saturated rings. The average Bonchev–Trinajstić information content (AvgIpc) is 2.99. The number of amides is 1. The largest absolute Gasteiger partial charge is 0.319 e. The number of rotatable bonds is 4. The maximum Gasteiger partial charge on any atom is 0.306 e.